The summed E-state index contributed by atoms with van der Waals surface area (Å²) < 4.78 is 0. The monoisotopic (exact) mass is 231 g/mol. The molecule has 0 spiro atoms. The fourth-order valence-corrected chi connectivity index (χ4v) is 1.79. The van der Waals surface area contributed by atoms with Crippen LogP contribution in [0.3, 0.4) is 0 Å². The second kappa shape index (κ2) is 8.46. The Morgan fingerprint density at radius 2 is 1.47 bits per heavy atom. The second-order valence-electron chi connectivity index (χ2n) is 5.31. The van der Waals surface area contributed by atoms with E-state index in [-0.39, 0.29) is 0 Å². The van der Waals surface area contributed by atoms with E-state index in [0.29, 0.717) is 5.41 Å². The van der Waals surface area contributed by atoms with E-state index in [2.05, 4.69) is 45.2 Å². The van der Waals surface area contributed by atoms with Crippen molar-refractivity contribution in [3.63, 3.8) is 0 Å². The molecule has 0 aromatic carbocycles. The van der Waals surface area contributed by atoms with Gasteiger partial charge >= 0.3 is 0 Å². The van der Waals surface area contributed by atoms with Crippen LogP contribution in [-0.4, -0.2) is 30.3 Å². The third kappa shape index (κ3) is 8.15. The minimum atomic E-state index is 0.352. The molecule has 0 rings (SSSR count). The smallest absolute Gasteiger partial charge is 0.00405 e. The maximum Gasteiger partial charge on any atom is 0.00405 e. The number of hydrogen-bond donors (Lipinski definition) is 1. The number of nitrogens with zero attached hydrogens (tertiary/aromatic N) is 1. The van der Waals surface area contributed by atoms with Crippen LogP contribution >= 0.6 is 12.6 Å². The summed E-state index contributed by atoms with van der Waals surface area (Å²) in [6.07, 6.45) is 5.24. The van der Waals surface area contributed by atoms with Gasteiger partial charge in [-0.15, -0.1) is 0 Å². The highest BCUT2D eigenvalue weighted by atomic mass is 32.1. The van der Waals surface area contributed by atoms with Crippen molar-refractivity contribution in [3.05, 3.63) is 0 Å². The van der Waals surface area contributed by atoms with E-state index in [9.17, 15) is 0 Å². The highest BCUT2D eigenvalue weighted by Gasteiger charge is 2.19. The minimum absolute atomic E-state index is 0.352. The van der Waals surface area contributed by atoms with Gasteiger partial charge in [0.2, 0.25) is 0 Å². The van der Waals surface area contributed by atoms with Crippen molar-refractivity contribution >= 4 is 12.6 Å². The molecular weight excluding hydrogens is 202 g/mol. The highest BCUT2D eigenvalue weighted by Crippen LogP contribution is 2.19. The lowest BCUT2D eigenvalue weighted by Gasteiger charge is -2.31. The van der Waals surface area contributed by atoms with Crippen LogP contribution < -0.4 is 0 Å². The standard InChI is InChI=1S/C13H29NS/c1-5-7-9-14(10-8-6-2)11-13(3,4)12-15/h15H,5-12H2,1-4H3. The fraction of sp³-hybridized carbons (Fsp3) is 1.00. The van der Waals surface area contributed by atoms with Crippen molar-refractivity contribution in [3.8, 4) is 0 Å². The van der Waals surface area contributed by atoms with Gasteiger partial charge in [0.25, 0.3) is 0 Å². The van der Waals surface area contributed by atoms with Crippen molar-refractivity contribution in [2.24, 2.45) is 5.41 Å². The van der Waals surface area contributed by atoms with Gasteiger partial charge in [-0.3, -0.25) is 0 Å². The Bertz CT molecular complexity index is 137. The molecular formula is C13H29NS. The molecule has 0 atom stereocenters. The molecule has 0 aromatic heterocycles. The Kier molecular flexibility index (Phi) is 8.64. The van der Waals surface area contributed by atoms with E-state index in [1.807, 2.05) is 0 Å². The number of hydrogen-bond acceptors (Lipinski definition) is 2. The fourth-order valence-electron chi connectivity index (χ4n) is 1.69. The van der Waals surface area contributed by atoms with E-state index in [4.69, 9.17) is 0 Å². The summed E-state index contributed by atoms with van der Waals surface area (Å²) in [7, 11) is 0. The zero-order chi connectivity index (χ0) is 11.7. The molecule has 0 heterocycles. The Morgan fingerprint density at radius 3 is 1.80 bits per heavy atom. The number of unbranched alkanes of at least 4 members (excludes halogenated alkanes) is 2. The Morgan fingerprint density at radius 1 is 1.00 bits per heavy atom. The lowest BCUT2D eigenvalue weighted by atomic mass is 9.95. The minimum Gasteiger partial charge on any atom is -0.303 e. The summed E-state index contributed by atoms with van der Waals surface area (Å²) >= 11 is 4.43. The molecule has 15 heavy (non-hydrogen) atoms. The molecule has 0 unspecified atom stereocenters. The summed E-state index contributed by atoms with van der Waals surface area (Å²) in [4.78, 5) is 2.61. The molecule has 0 aliphatic rings. The molecule has 1 nitrogen and oxygen atoms in total. The highest BCUT2D eigenvalue weighted by molar-refractivity contribution is 7.80. The van der Waals surface area contributed by atoms with E-state index >= 15 is 0 Å². The maximum atomic E-state index is 4.43. The molecule has 0 aliphatic heterocycles. The molecule has 0 aliphatic carbocycles. The molecule has 0 saturated heterocycles. The summed E-state index contributed by atoms with van der Waals surface area (Å²) in [6, 6.07) is 0. The lowest BCUT2D eigenvalue weighted by molar-refractivity contribution is 0.190. The van der Waals surface area contributed by atoms with Gasteiger partial charge in [0.05, 0.1) is 0 Å². The molecule has 0 N–H and O–H groups in total. The van der Waals surface area contributed by atoms with Gasteiger partial charge in [0, 0.05) is 6.54 Å². The normalized spacial score (nSPS) is 12.4. The van der Waals surface area contributed by atoms with Gasteiger partial charge in [0.15, 0.2) is 0 Å². The van der Waals surface area contributed by atoms with Gasteiger partial charge in [-0.1, -0.05) is 40.5 Å². The van der Waals surface area contributed by atoms with Gasteiger partial charge in [-0.2, -0.15) is 12.6 Å². The van der Waals surface area contributed by atoms with Crippen molar-refractivity contribution in [2.45, 2.75) is 53.4 Å². The first-order chi connectivity index (χ1) is 7.05. The third-order valence-electron chi connectivity index (χ3n) is 2.74. The quantitative estimate of drug-likeness (QED) is 0.590. The largest absolute Gasteiger partial charge is 0.303 e. The zero-order valence-electron chi connectivity index (χ0n) is 11.1. The topological polar surface area (TPSA) is 3.24 Å². The summed E-state index contributed by atoms with van der Waals surface area (Å²) in [5.41, 5.74) is 0.352. The van der Waals surface area contributed by atoms with E-state index in [1.165, 1.54) is 45.3 Å². The second-order valence-corrected chi connectivity index (χ2v) is 5.62. The van der Waals surface area contributed by atoms with E-state index < -0.39 is 0 Å². The van der Waals surface area contributed by atoms with Crippen LogP contribution in [-0.2, 0) is 0 Å². The average Bonchev–Trinajstić information content (AvgIpc) is 2.22. The van der Waals surface area contributed by atoms with E-state index in [0.717, 1.165) is 5.75 Å². The summed E-state index contributed by atoms with van der Waals surface area (Å²) in [6.45, 7) is 12.9. The zero-order valence-corrected chi connectivity index (χ0v) is 11.9. The van der Waals surface area contributed by atoms with Crippen LogP contribution in [0.25, 0.3) is 0 Å². The van der Waals surface area contributed by atoms with Gasteiger partial charge in [-0.05, 0) is 37.1 Å². The van der Waals surface area contributed by atoms with Crippen LogP contribution in [0.2, 0.25) is 0 Å². The SMILES string of the molecule is CCCCN(CCCC)CC(C)(C)CS. The molecule has 0 amide bonds. The van der Waals surface area contributed by atoms with Crippen LogP contribution in [0.5, 0.6) is 0 Å². The van der Waals surface area contributed by atoms with Crippen molar-refractivity contribution in [1.82, 2.24) is 4.90 Å². The van der Waals surface area contributed by atoms with Gasteiger partial charge in [0.1, 0.15) is 0 Å². The maximum absolute atomic E-state index is 4.43. The third-order valence-corrected chi connectivity index (χ3v) is 3.59. The predicted molar refractivity (Wildman–Crippen MR) is 73.9 cm³/mol. The van der Waals surface area contributed by atoms with Crippen molar-refractivity contribution in [2.75, 3.05) is 25.4 Å². The van der Waals surface area contributed by atoms with Crippen LogP contribution in [0.1, 0.15) is 53.4 Å². The lowest BCUT2D eigenvalue weighted by Crippen LogP contribution is -2.36. The molecule has 0 saturated carbocycles. The Labute approximate surface area is 102 Å². The Hall–Kier alpha value is 0.310. The predicted octanol–water partition coefficient (Wildman–Crippen LogP) is 3.84. The van der Waals surface area contributed by atoms with Crippen molar-refractivity contribution in [1.29, 1.82) is 0 Å². The van der Waals surface area contributed by atoms with Crippen LogP contribution in [0.4, 0.5) is 0 Å². The first kappa shape index (κ1) is 15.3. The molecule has 0 bridgehead atoms. The molecule has 0 radical (unpaired) electrons. The summed E-state index contributed by atoms with van der Waals surface area (Å²) in [5.74, 6) is 0.974. The van der Waals surface area contributed by atoms with Crippen LogP contribution in [0, 0.1) is 5.41 Å². The number of thiol groups is 1. The van der Waals surface area contributed by atoms with Gasteiger partial charge in [-0.25, -0.2) is 0 Å². The van der Waals surface area contributed by atoms with Crippen molar-refractivity contribution < 1.29 is 0 Å². The van der Waals surface area contributed by atoms with Gasteiger partial charge < -0.3 is 4.90 Å². The first-order valence-electron chi connectivity index (χ1n) is 6.39. The Balaban J connectivity index is 3.98. The molecule has 2 heteroatoms. The van der Waals surface area contributed by atoms with Crippen LogP contribution in [0.15, 0.2) is 0 Å². The number of rotatable bonds is 9. The first-order valence-corrected chi connectivity index (χ1v) is 7.02. The molecule has 92 valence electrons. The van der Waals surface area contributed by atoms with E-state index in [1.54, 1.807) is 0 Å². The summed E-state index contributed by atoms with van der Waals surface area (Å²) in [5, 5.41) is 0. The molecule has 0 fully saturated rings. The average molecular weight is 231 g/mol. The molecule has 0 aromatic rings.